The lowest BCUT2D eigenvalue weighted by Gasteiger charge is -2.06. The second-order valence-electron chi connectivity index (χ2n) is 3.14. The first-order valence-corrected chi connectivity index (χ1v) is 4.95. The lowest BCUT2D eigenvalue weighted by atomic mass is 10.0. The average Bonchev–Trinajstić information content (AvgIpc) is 2.03. The molecule has 1 aliphatic carbocycles. The van der Waals surface area contributed by atoms with E-state index in [2.05, 4.69) is 12.8 Å². The Kier molecular flexibility index (Phi) is 4.76. The highest BCUT2D eigenvalue weighted by atomic mass is 32.1. The fourth-order valence-electron chi connectivity index (χ4n) is 1.35. The summed E-state index contributed by atoms with van der Waals surface area (Å²) in [6, 6.07) is 0. The normalized spacial score (nSPS) is 23.1. The predicted octanol–water partition coefficient (Wildman–Crippen LogP) is 3.51. The number of hydrogen-bond acceptors (Lipinski definition) is 1. The minimum Gasteiger partial charge on any atom is -0.0897 e. The molecule has 62 valence electrons. The van der Waals surface area contributed by atoms with Crippen molar-refractivity contribution < 1.29 is 0 Å². The molecule has 0 bridgehead atoms. The van der Waals surface area contributed by atoms with Crippen LogP contribution in [-0.4, -0.2) is 4.86 Å². The van der Waals surface area contributed by atoms with Gasteiger partial charge in [0.15, 0.2) is 0 Å². The summed E-state index contributed by atoms with van der Waals surface area (Å²) in [4.78, 5) is 1.24. The minimum absolute atomic E-state index is 1.07. The monoisotopic (exact) mass is 168 g/mol. The van der Waals surface area contributed by atoms with Crippen LogP contribution in [0.2, 0.25) is 0 Å². The van der Waals surface area contributed by atoms with E-state index in [1.54, 1.807) is 0 Å². The summed E-state index contributed by atoms with van der Waals surface area (Å²) in [6.45, 7) is 0. The van der Waals surface area contributed by atoms with Crippen LogP contribution in [0.1, 0.15) is 44.9 Å². The van der Waals surface area contributed by atoms with Crippen molar-refractivity contribution in [3.63, 3.8) is 0 Å². The number of thiocarbonyl (C=S) groups is 1. The third-order valence-corrected chi connectivity index (χ3v) is 2.44. The lowest BCUT2D eigenvalue weighted by molar-refractivity contribution is 0.690. The SMILES string of the molecule is S=C1C[CH]CCCC[CH]CC1. The molecule has 0 aromatic heterocycles. The molecule has 0 atom stereocenters. The highest BCUT2D eigenvalue weighted by Gasteiger charge is 2.00. The minimum atomic E-state index is 1.07. The molecule has 11 heavy (non-hydrogen) atoms. The molecule has 1 fully saturated rings. The summed E-state index contributed by atoms with van der Waals surface area (Å²) in [5.41, 5.74) is 0. The molecule has 0 N–H and O–H groups in total. The first kappa shape index (κ1) is 9.18. The third-order valence-electron chi connectivity index (χ3n) is 2.07. The first-order chi connectivity index (χ1) is 5.39. The van der Waals surface area contributed by atoms with Gasteiger partial charge in [-0.3, -0.25) is 0 Å². The Bertz CT molecular complexity index is 106. The van der Waals surface area contributed by atoms with E-state index in [4.69, 9.17) is 12.2 Å². The molecular weight excluding hydrogens is 152 g/mol. The maximum Gasteiger partial charge on any atom is -0.00685 e. The van der Waals surface area contributed by atoms with E-state index >= 15 is 0 Å². The Labute approximate surface area is 75.4 Å². The Morgan fingerprint density at radius 1 is 1.00 bits per heavy atom. The van der Waals surface area contributed by atoms with Gasteiger partial charge in [-0.15, -0.1) is 0 Å². The van der Waals surface area contributed by atoms with Gasteiger partial charge in [-0.1, -0.05) is 31.5 Å². The van der Waals surface area contributed by atoms with E-state index in [0.717, 1.165) is 12.8 Å². The van der Waals surface area contributed by atoms with E-state index in [-0.39, 0.29) is 0 Å². The van der Waals surface area contributed by atoms with Crippen molar-refractivity contribution in [2.75, 3.05) is 0 Å². The Morgan fingerprint density at radius 3 is 2.55 bits per heavy atom. The van der Waals surface area contributed by atoms with Crippen LogP contribution in [0.5, 0.6) is 0 Å². The second-order valence-corrected chi connectivity index (χ2v) is 3.72. The van der Waals surface area contributed by atoms with Gasteiger partial charge in [0.05, 0.1) is 0 Å². The molecule has 0 nitrogen and oxygen atoms in total. The molecule has 1 heteroatoms. The first-order valence-electron chi connectivity index (χ1n) is 4.54. The summed E-state index contributed by atoms with van der Waals surface area (Å²) >= 11 is 5.21. The van der Waals surface area contributed by atoms with Gasteiger partial charge >= 0.3 is 0 Å². The van der Waals surface area contributed by atoms with E-state index in [1.807, 2.05) is 0 Å². The average molecular weight is 168 g/mol. The summed E-state index contributed by atoms with van der Waals surface area (Å²) in [5, 5.41) is 0. The van der Waals surface area contributed by atoms with Gasteiger partial charge in [0, 0.05) is 0 Å². The van der Waals surface area contributed by atoms with Gasteiger partial charge in [-0.05, 0) is 43.4 Å². The van der Waals surface area contributed by atoms with Gasteiger partial charge in [-0.25, -0.2) is 0 Å². The summed E-state index contributed by atoms with van der Waals surface area (Å²) in [6.07, 6.45) is 13.4. The molecule has 0 saturated heterocycles. The molecule has 1 aliphatic rings. The van der Waals surface area contributed by atoms with Crippen LogP contribution in [0.4, 0.5) is 0 Å². The zero-order valence-corrected chi connectivity index (χ0v) is 7.83. The number of hydrogen-bond donors (Lipinski definition) is 0. The van der Waals surface area contributed by atoms with Gasteiger partial charge in [0.25, 0.3) is 0 Å². The molecule has 1 rings (SSSR count). The zero-order chi connectivity index (χ0) is 7.94. The standard InChI is InChI=1S/C10H16S/c11-10-8-6-4-2-1-3-5-7-9-10/h4,7H,1-3,5-6,8-9H2. The van der Waals surface area contributed by atoms with Crippen LogP contribution in [-0.2, 0) is 0 Å². The highest BCUT2D eigenvalue weighted by Crippen LogP contribution is 2.13. The van der Waals surface area contributed by atoms with Gasteiger partial charge < -0.3 is 0 Å². The molecule has 0 aromatic rings. The van der Waals surface area contributed by atoms with Crippen molar-refractivity contribution in [2.24, 2.45) is 0 Å². The number of rotatable bonds is 0. The molecular formula is C10H16S. The molecule has 0 aliphatic heterocycles. The molecule has 0 heterocycles. The van der Waals surface area contributed by atoms with E-state index in [1.165, 1.54) is 37.0 Å². The zero-order valence-electron chi connectivity index (χ0n) is 7.01. The van der Waals surface area contributed by atoms with Crippen molar-refractivity contribution in [1.82, 2.24) is 0 Å². The Balaban J connectivity index is 2.17. The second kappa shape index (κ2) is 5.70. The van der Waals surface area contributed by atoms with Crippen molar-refractivity contribution in [3.8, 4) is 0 Å². The maximum atomic E-state index is 5.21. The van der Waals surface area contributed by atoms with Crippen LogP contribution in [0.3, 0.4) is 0 Å². The van der Waals surface area contributed by atoms with Gasteiger partial charge in [-0.2, -0.15) is 0 Å². The van der Waals surface area contributed by atoms with Crippen LogP contribution < -0.4 is 0 Å². The summed E-state index contributed by atoms with van der Waals surface area (Å²) < 4.78 is 0. The fourth-order valence-corrected chi connectivity index (χ4v) is 1.59. The molecule has 1 saturated carbocycles. The molecule has 0 spiro atoms. The van der Waals surface area contributed by atoms with E-state index < -0.39 is 0 Å². The fraction of sp³-hybridized carbons (Fsp3) is 0.700. The quantitative estimate of drug-likeness (QED) is 0.499. The molecule has 0 amide bonds. The van der Waals surface area contributed by atoms with Crippen molar-refractivity contribution >= 4 is 17.1 Å². The smallest absolute Gasteiger partial charge is 0.00685 e. The largest absolute Gasteiger partial charge is 0.0897 e. The Morgan fingerprint density at radius 2 is 1.73 bits per heavy atom. The lowest BCUT2D eigenvalue weighted by Crippen LogP contribution is -1.97. The van der Waals surface area contributed by atoms with Crippen LogP contribution in [0, 0.1) is 12.8 Å². The predicted molar refractivity (Wildman–Crippen MR) is 53.5 cm³/mol. The maximum absolute atomic E-state index is 5.21. The van der Waals surface area contributed by atoms with Gasteiger partial charge in [0.1, 0.15) is 0 Å². The van der Waals surface area contributed by atoms with Crippen molar-refractivity contribution in [1.29, 1.82) is 0 Å². The van der Waals surface area contributed by atoms with E-state index in [0.29, 0.717) is 0 Å². The van der Waals surface area contributed by atoms with Gasteiger partial charge in [0.2, 0.25) is 0 Å². The summed E-state index contributed by atoms with van der Waals surface area (Å²) in [7, 11) is 0. The Hall–Kier alpha value is 0.0900. The van der Waals surface area contributed by atoms with Crippen LogP contribution >= 0.6 is 12.2 Å². The topological polar surface area (TPSA) is 0 Å². The van der Waals surface area contributed by atoms with Crippen LogP contribution in [0.25, 0.3) is 0 Å². The molecule has 0 unspecified atom stereocenters. The van der Waals surface area contributed by atoms with Crippen molar-refractivity contribution in [2.45, 2.75) is 44.9 Å². The molecule has 2 radical (unpaired) electrons. The molecule has 0 aromatic carbocycles. The van der Waals surface area contributed by atoms with Crippen LogP contribution in [0.15, 0.2) is 0 Å². The highest BCUT2D eigenvalue weighted by molar-refractivity contribution is 7.80. The third kappa shape index (κ3) is 4.52. The summed E-state index contributed by atoms with van der Waals surface area (Å²) in [5.74, 6) is 0. The van der Waals surface area contributed by atoms with Crippen molar-refractivity contribution in [3.05, 3.63) is 12.8 Å². The van der Waals surface area contributed by atoms with E-state index in [9.17, 15) is 0 Å².